The fourth-order valence-corrected chi connectivity index (χ4v) is 2.95. The van der Waals surface area contributed by atoms with Gasteiger partial charge in [0, 0.05) is 6.54 Å². The van der Waals surface area contributed by atoms with Crippen LogP contribution in [0.4, 0.5) is 5.69 Å². The van der Waals surface area contributed by atoms with E-state index in [2.05, 4.69) is 4.99 Å². The van der Waals surface area contributed by atoms with Crippen molar-refractivity contribution >= 4 is 47.1 Å². The predicted molar refractivity (Wildman–Crippen MR) is 79.2 cm³/mol. The molecular formula is C12H11ClN2OS2. The molecule has 0 fully saturated rings. The van der Waals surface area contributed by atoms with Crippen molar-refractivity contribution < 1.29 is 5.11 Å². The van der Waals surface area contributed by atoms with E-state index in [4.69, 9.17) is 23.8 Å². The molecule has 0 aliphatic rings. The Hall–Kier alpha value is -1.17. The predicted octanol–water partition coefficient (Wildman–Crippen LogP) is 4.41. The zero-order valence-corrected chi connectivity index (χ0v) is 12.0. The second-order valence-electron chi connectivity index (χ2n) is 3.51. The van der Waals surface area contributed by atoms with Crippen LogP contribution >= 0.6 is 35.2 Å². The van der Waals surface area contributed by atoms with Crippen LogP contribution in [0.2, 0.25) is 5.02 Å². The van der Waals surface area contributed by atoms with Gasteiger partial charge in [0.25, 0.3) is 0 Å². The summed E-state index contributed by atoms with van der Waals surface area (Å²) >= 11 is 12.5. The van der Waals surface area contributed by atoms with Crippen LogP contribution in [0, 0.1) is 3.95 Å². The zero-order chi connectivity index (χ0) is 13.1. The molecule has 1 heterocycles. The lowest BCUT2D eigenvalue weighted by Crippen LogP contribution is -1.92. The monoisotopic (exact) mass is 298 g/mol. The standard InChI is InChI=1S/C12H11ClN2OS2/c1-2-15-11(16)10(18-12(15)17)7-14-9-6-4-3-5-8(9)13/h3-7,16H,2H2,1H3. The minimum atomic E-state index is 0.156. The van der Waals surface area contributed by atoms with E-state index in [1.54, 1.807) is 16.8 Å². The molecule has 0 bridgehead atoms. The molecule has 3 nitrogen and oxygen atoms in total. The van der Waals surface area contributed by atoms with Gasteiger partial charge < -0.3 is 5.11 Å². The van der Waals surface area contributed by atoms with Crippen LogP contribution in [0.1, 0.15) is 11.8 Å². The van der Waals surface area contributed by atoms with E-state index in [0.717, 1.165) is 0 Å². The third-order valence-corrected chi connectivity index (χ3v) is 4.08. The maximum Gasteiger partial charge on any atom is 0.212 e. The van der Waals surface area contributed by atoms with Crippen LogP contribution in [0.15, 0.2) is 29.3 Å². The van der Waals surface area contributed by atoms with Gasteiger partial charge in [-0.2, -0.15) is 0 Å². The van der Waals surface area contributed by atoms with E-state index in [9.17, 15) is 5.11 Å². The van der Waals surface area contributed by atoms with Crippen LogP contribution in [-0.2, 0) is 6.54 Å². The van der Waals surface area contributed by atoms with Crippen molar-refractivity contribution in [2.75, 3.05) is 0 Å². The maximum absolute atomic E-state index is 9.94. The number of thiazole rings is 1. The zero-order valence-electron chi connectivity index (χ0n) is 9.63. The number of aromatic hydroxyl groups is 1. The van der Waals surface area contributed by atoms with E-state index < -0.39 is 0 Å². The third kappa shape index (κ3) is 2.63. The number of hydrogen-bond acceptors (Lipinski definition) is 4. The summed E-state index contributed by atoms with van der Waals surface area (Å²) in [5.41, 5.74) is 0.668. The number of benzene rings is 1. The van der Waals surface area contributed by atoms with Gasteiger partial charge >= 0.3 is 0 Å². The number of rotatable bonds is 3. The summed E-state index contributed by atoms with van der Waals surface area (Å²) in [6.07, 6.45) is 1.59. The highest BCUT2D eigenvalue weighted by atomic mass is 35.5. The van der Waals surface area contributed by atoms with Gasteiger partial charge in [-0.05, 0) is 31.3 Å². The molecule has 0 amide bonds. The van der Waals surface area contributed by atoms with Crippen LogP contribution in [0.3, 0.4) is 0 Å². The lowest BCUT2D eigenvalue weighted by atomic mass is 10.3. The highest BCUT2D eigenvalue weighted by Crippen LogP contribution is 2.27. The summed E-state index contributed by atoms with van der Waals surface area (Å²) in [6.45, 7) is 2.57. The molecule has 0 saturated carbocycles. The van der Waals surface area contributed by atoms with E-state index >= 15 is 0 Å². The number of aliphatic imine (C=N–C) groups is 1. The second-order valence-corrected chi connectivity index (χ2v) is 5.59. The lowest BCUT2D eigenvalue weighted by molar-refractivity contribution is 0.419. The smallest absolute Gasteiger partial charge is 0.212 e. The largest absolute Gasteiger partial charge is 0.493 e. The first-order valence-electron chi connectivity index (χ1n) is 5.34. The Kier molecular flexibility index (Phi) is 4.16. The number of para-hydroxylation sites is 1. The summed E-state index contributed by atoms with van der Waals surface area (Å²) in [7, 11) is 0. The summed E-state index contributed by atoms with van der Waals surface area (Å²) < 4.78 is 2.30. The van der Waals surface area contributed by atoms with Crippen molar-refractivity contribution in [2.45, 2.75) is 13.5 Å². The molecule has 0 atom stereocenters. The van der Waals surface area contributed by atoms with Crippen molar-refractivity contribution in [3.63, 3.8) is 0 Å². The van der Waals surface area contributed by atoms with E-state index in [1.807, 2.05) is 25.1 Å². The summed E-state index contributed by atoms with van der Waals surface area (Å²) in [5.74, 6) is 0.156. The van der Waals surface area contributed by atoms with E-state index in [1.165, 1.54) is 11.3 Å². The van der Waals surface area contributed by atoms with Crippen molar-refractivity contribution in [1.29, 1.82) is 0 Å². The Balaban J connectivity index is 2.36. The Bertz CT molecular complexity index is 646. The average Bonchev–Trinajstić information content (AvgIpc) is 2.63. The van der Waals surface area contributed by atoms with Crippen molar-refractivity contribution in [2.24, 2.45) is 4.99 Å². The Morgan fingerprint density at radius 2 is 2.22 bits per heavy atom. The van der Waals surface area contributed by atoms with E-state index in [-0.39, 0.29) is 5.88 Å². The minimum Gasteiger partial charge on any atom is -0.493 e. The van der Waals surface area contributed by atoms with Crippen LogP contribution < -0.4 is 0 Å². The number of halogens is 1. The molecule has 94 valence electrons. The molecule has 1 N–H and O–H groups in total. The lowest BCUT2D eigenvalue weighted by Gasteiger charge is -1.98. The van der Waals surface area contributed by atoms with Crippen LogP contribution in [-0.4, -0.2) is 15.9 Å². The molecule has 1 aromatic carbocycles. The SMILES string of the molecule is CCn1c(O)c(C=Nc2ccccc2Cl)sc1=S. The number of nitrogens with zero attached hydrogens (tertiary/aromatic N) is 2. The Labute approximate surface area is 119 Å². The van der Waals surface area contributed by atoms with Crippen molar-refractivity contribution in [1.82, 2.24) is 4.57 Å². The average molecular weight is 299 g/mol. The fourth-order valence-electron chi connectivity index (χ4n) is 1.46. The van der Waals surface area contributed by atoms with Crippen molar-refractivity contribution in [3.05, 3.63) is 38.1 Å². The molecule has 2 aromatic rings. The minimum absolute atomic E-state index is 0.156. The summed E-state index contributed by atoms with van der Waals surface area (Å²) in [5, 5.41) is 10.5. The molecular weight excluding hydrogens is 288 g/mol. The van der Waals surface area contributed by atoms with Crippen molar-refractivity contribution in [3.8, 4) is 5.88 Å². The summed E-state index contributed by atoms with van der Waals surface area (Å²) in [4.78, 5) is 4.90. The van der Waals surface area contributed by atoms with Gasteiger partial charge in [-0.3, -0.25) is 9.56 Å². The molecule has 0 aliphatic carbocycles. The first kappa shape index (κ1) is 13.3. The van der Waals surface area contributed by atoms with Gasteiger partial charge in [-0.15, -0.1) is 0 Å². The van der Waals surface area contributed by atoms with Crippen LogP contribution in [0.25, 0.3) is 0 Å². The quantitative estimate of drug-likeness (QED) is 0.673. The highest BCUT2D eigenvalue weighted by Gasteiger charge is 2.08. The van der Waals surface area contributed by atoms with E-state index in [0.29, 0.717) is 26.1 Å². The molecule has 0 saturated heterocycles. The van der Waals surface area contributed by atoms with Gasteiger partial charge in [0.2, 0.25) is 5.88 Å². The van der Waals surface area contributed by atoms with Gasteiger partial charge in [-0.1, -0.05) is 35.1 Å². The molecule has 0 unspecified atom stereocenters. The van der Waals surface area contributed by atoms with Gasteiger partial charge in [0.1, 0.15) is 4.88 Å². The number of hydrogen-bond donors (Lipinski definition) is 1. The van der Waals surface area contributed by atoms with Crippen LogP contribution in [0.5, 0.6) is 5.88 Å². The summed E-state index contributed by atoms with van der Waals surface area (Å²) in [6, 6.07) is 7.28. The van der Waals surface area contributed by atoms with Gasteiger partial charge in [0.15, 0.2) is 3.95 Å². The number of aromatic nitrogens is 1. The highest BCUT2D eigenvalue weighted by molar-refractivity contribution is 7.73. The Morgan fingerprint density at radius 3 is 2.83 bits per heavy atom. The van der Waals surface area contributed by atoms with Gasteiger partial charge in [0.05, 0.1) is 16.9 Å². The Morgan fingerprint density at radius 1 is 1.50 bits per heavy atom. The van der Waals surface area contributed by atoms with Gasteiger partial charge in [-0.25, -0.2) is 0 Å². The first-order chi connectivity index (χ1) is 8.63. The molecule has 6 heteroatoms. The molecule has 0 radical (unpaired) electrons. The third-order valence-electron chi connectivity index (χ3n) is 2.38. The maximum atomic E-state index is 9.94. The molecule has 0 aliphatic heterocycles. The molecule has 0 spiro atoms. The molecule has 18 heavy (non-hydrogen) atoms. The normalized spacial score (nSPS) is 11.2. The second kappa shape index (κ2) is 5.65. The molecule has 2 rings (SSSR count). The fraction of sp³-hybridized carbons (Fsp3) is 0.167. The topological polar surface area (TPSA) is 37.5 Å². The first-order valence-corrected chi connectivity index (χ1v) is 6.95. The molecule has 1 aromatic heterocycles.